The van der Waals surface area contributed by atoms with E-state index in [0.29, 0.717) is 31.8 Å². The lowest BCUT2D eigenvalue weighted by Crippen LogP contribution is -2.52. The predicted octanol–water partition coefficient (Wildman–Crippen LogP) is 3.33. The number of anilines is 1. The quantitative estimate of drug-likeness (QED) is 0.796. The lowest BCUT2D eigenvalue weighted by Gasteiger charge is -2.46. The van der Waals surface area contributed by atoms with Gasteiger partial charge in [0, 0.05) is 24.7 Å². The molecule has 0 spiro atoms. The Morgan fingerprint density at radius 3 is 2.74 bits per heavy atom. The fraction of sp³-hybridized carbons (Fsp3) is 0.500. The van der Waals surface area contributed by atoms with Crippen molar-refractivity contribution in [3.8, 4) is 0 Å². The first-order valence-electron chi connectivity index (χ1n) is 8.50. The number of hydrogen-bond acceptors (Lipinski definition) is 2. The molecule has 0 unspecified atom stereocenters. The van der Waals surface area contributed by atoms with E-state index in [1.165, 1.54) is 6.42 Å². The van der Waals surface area contributed by atoms with Crippen LogP contribution in [0.5, 0.6) is 0 Å². The van der Waals surface area contributed by atoms with Gasteiger partial charge in [-0.2, -0.15) is 0 Å². The molecule has 23 heavy (non-hydrogen) atoms. The highest BCUT2D eigenvalue weighted by Crippen LogP contribution is 2.41. The average molecular weight is 313 g/mol. The van der Waals surface area contributed by atoms with Crippen LogP contribution in [0.15, 0.2) is 30.5 Å². The highest BCUT2D eigenvalue weighted by atomic mass is 16.3. The summed E-state index contributed by atoms with van der Waals surface area (Å²) in [4.78, 5) is 17.5. The Kier molecular flexibility index (Phi) is 3.53. The number of nitrogens with zero attached hydrogens (tertiary/aromatic N) is 1. The number of rotatable bonds is 2. The fourth-order valence-corrected chi connectivity index (χ4v) is 3.83. The summed E-state index contributed by atoms with van der Waals surface area (Å²) in [5.74, 6) is 0.445. The van der Waals surface area contributed by atoms with Crippen LogP contribution in [0.25, 0.3) is 10.9 Å². The number of urea groups is 1. The molecule has 2 aromatic rings. The molecular weight excluding hydrogens is 290 g/mol. The van der Waals surface area contributed by atoms with Gasteiger partial charge in [0.25, 0.3) is 0 Å². The van der Waals surface area contributed by atoms with E-state index in [2.05, 4.69) is 10.3 Å². The van der Waals surface area contributed by atoms with Crippen LogP contribution in [0.1, 0.15) is 32.1 Å². The van der Waals surface area contributed by atoms with Crippen molar-refractivity contribution in [2.45, 2.75) is 37.7 Å². The van der Waals surface area contributed by atoms with Crippen LogP contribution < -0.4 is 5.32 Å². The van der Waals surface area contributed by atoms with Crippen LogP contribution in [0, 0.1) is 5.92 Å². The summed E-state index contributed by atoms with van der Waals surface area (Å²) in [6.45, 7) is 1.25. The zero-order valence-corrected chi connectivity index (χ0v) is 13.2. The van der Waals surface area contributed by atoms with Gasteiger partial charge in [-0.1, -0.05) is 18.6 Å². The SMILES string of the molecule is O=C(Nc1cccc2cc[nH]c12)N1CCC(O)(C2CCC2)CC1. The van der Waals surface area contributed by atoms with Crippen molar-refractivity contribution < 1.29 is 9.90 Å². The van der Waals surface area contributed by atoms with Crippen LogP contribution in [-0.4, -0.2) is 39.7 Å². The Balaban J connectivity index is 1.41. The van der Waals surface area contributed by atoms with Gasteiger partial charge in [-0.05, 0) is 43.7 Å². The molecule has 5 nitrogen and oxygen atoms in total. The van der Waals surface area contributed by atoms with E-state index >= 15 is 0 Å². The second kappa shape index (κ2) is 5.57. The van der Waals surface area contributed by atoms with E-state index in [9.17, 15) is 9.90 Å². The molecule has 2 fully saturated rings. The van der Waals surface area contributed by atoms with Crippen molar-refractivity contribution in [3.05, 3.63) is 30.5 Å². The van der Waals surface area contributed by atoms with Crippen LogP contribution in [0.2, 0.25) is 0 Å². The summed E-state index contributed by atoms with van der Waals surface area (Å²) in [5, 5.41) is 14.8. The number of amides is 2. The topological polar surface area (TPSA) is 68.4 Å². The first-order valence-corrected chi connectivity index (χ1v) is 8.50. The molecule has 1 saturated carbocycles. The van der Waals surface area contributed by atoms with Crippen LogP contribution in [0.3, 0.4) is 0 Å². The number of benzene rings is 1. The summed E-state index contributed by atoms with van der Waals surface area (Å²) < 4.78 is 0. The number of hydrogen-bond donors (Lipinski definition) is 3. The monoisotopic (exact) mass is 313 g/mol. The molecule has 2 aliphatic rings. The first-order chi connectivity index (χ1) is 11.2. The molecule has 1 aromatic carbocycles. The van der Waals surface area contributed by atoms with Crippen molar-refractivity contribution in [1.82, 2.24) is 9.88 Å². The van der Waals surface area contributed by atoms with E-state index in [0.717, 1.165) is 29.4 Å². The third-order valence-corrected chi connectivity index (χ3v) is 5.61. The molecule has 1 saturated heterocycles. The largest absolute Gasteiger partial charge is 0.389 e. The number of likely N-dealkylation sites (tertiary alicyclic amines) is 1. The van der Waals surface area contributed by atoms with Crippen LogP contribution in [0.4, 0.5) is 10.5 Å². The maximum atomic E-state index is 12.5. The number of aromatic amines is 1. The Morgan fingerprint density at radius 2 is 2.04 bits per heavy atom. The van der Waals surface area contributed by atoms with Gasteiger partial charge in [0.15, 0.2) is 0 Å². The molecule has 0 radical (unpaired) electrons. The molecule has 2 amide bonds. The smallest absolute Gasteiger partial charge is 0.321 e. The van der Waals surface area contributed by atoms with Gasteiger partial charge in [0.1, 0.15) is 0 Å². The zero-order valence-electron chi connectivity index (χ0n) is 13.2. The lowest BCUT2D eigenvalue weighted by atomic mass is 9.69. The minimum Gasteiger partial charge on any atom is -0.389 e. The average Bonchev–Trinajstić information content (AvgIpc) is 2.95. The third-order valence-electron chi connectivity index (χ3n) is 5.61. The second-order valence-electron chi connectivity index (χ2n) is 6.90. The highest BCUT2D eigenvalue weighted by molar-refractivity contribution is 5.99. The van der Waals surface area contributed by atoms with Gasteiger partial charge >= 0.3 is 6.03 Å². The summed E-state index contributed by atoms with van der Waals surface area (Å²) in [7, 11) is 0. The van der Waals surface area contributed by atoms with Crippen molar-refractivity contribution >= 4 is 22.6 Å². The van der Waals surface area contributed by atoms with Crippen molar-refractivity contribution in [1.29, 1.82) is 0 Å². The number of carbonyl (C=O) groups is 1. The maximum absolute atomic E-state index is 12.5. The van der Waals surface area contributed by atoms with Gasteiger partial charge in [0.2, 0.25) is 0 Å². The molecule has 1 aromatic heterocycles. The van der Waals surface area contributed by atoms with Gasteiger partial charge < -0.3 is 20.3 Å². The van der Waals surface area contributed by atoms with Gasteiger partial charge in [0.05, 0.1) is 16.8 Å². The number of fused-ring (bicyclic) bond motifs is 1. The van der Waals surface area contributed by atoms with Crippen LogP contribution >= 0.6 is 0 Å². The maximum Gasteiger partial charge on any atom is 0.321 e. The number of H-pyrrole nitrogens is 1. The van der Waals surface area contributed by atoms with Crippen molar-refractivity contribution in [2.24, 2.45) is 5.92 Å². The van der Waals surface area contributed by atoms with E-state index in [1.807, 2.05) is 35.4 Å². The summed E-state index contributed by atoms with van der Waals surface area (Å²) >= 11 is 0. The molecule has 0 bridgehead atoms. The normalized spacial score (nSPS) is 21.2. The molecule has 122 valence electrons. The highest BCUT2D eigenvalue weighted by Gasteiger charge is 2.42. The first kappa shape index (κ1) is 14.6. The minimum absolute atomic E-state index is 0.0808. The predicted molar refractivity (Wildman–Crippen MR) is 90.4 cm³/mol. The molecular formula is C18H23N3O2. The van der Waals surface area contributed by atoms with E-state index < -0.39 is 5.60 Å². The number of para-hydroxylation sites is 1. The molecule has 1 aliphatic heterocycles. The third kappa shape index (κ3) is 2.59. The minimum atomic E-state index is -0.547. The van der Waals surface area contributed by atoms with E-state index in [4.69, 9.17) is 0 Å². The van der Waals surface area contributed by atoms with E-state index in [1.54, 1.807) is 0 Å². The second-order valence-corrected chi connectivity index (χ2v) is 6.90. The Hall–Kier alpha value is -2.01. The zero-order chi connectivity index (χ0) is 15.9. The van der Waals surface area contributed by atoms with Gasteiger partial charge in [-0.25, -0.2) is 4.79 Å². The van der Waals surface area contributed by atoms with E-state index in [-0.39, 0.29) is 6.03 Å². The number of aromatic nitrogens is 1. The van der Waals surface area contributed by atoms with Crippen LogP contribution in [-0.2, 0) is 0 Å². The summed E-state index contributed by atoms with van der Waals surface area (Å²) in [6.07, 6.45) is 6.77. The summed E-state index contributed by atoms with van der Waals surface area (Å²) in [5.41, 5.74) is 1.20. The molecule has 3 N–H and O–H groups in total. The Labute approximate surface area is 135 Å². The molecule has 4 rings (SSSR count). The molecule has 0 atom stereocenters. The van der Waals surface area contributed by atoms with Gasteiger partial charge in [-0.15, -0.1) is 0 Å². The molecule has 1 aliphatic carbocycles. The molecule has 5 heteroatoms. The Morgan fingerprint density at radius 1 is 1.26 bits per heavy atom. The van der Waals surface area contributed by atoms with Crippen molar-refractivity contribution in [2.75, 3.05) is 18.4 Å². The number of nitrogens with one attached hydrogen (secondary N) is 2. The lowest BCUT2D eigenvalue weighted by molar-refractivity contribution is -0.0845. The Bertz CT molecular complexity index is 712. The fourth-order valence-electron chi connectivity index (χ4n) is 3.83. The summed E-state index contributed by atoms with van der Waals surface area (Å²) in [6, 6.07) is 7.77. The standard InChI is InChI=1S/C18H23N3O2/c22-17(20-15-6-1-3-13-7-10-19-16(13)15)21-11-8-18(23,9-12-21)14-4-2-5-14/h1,3,6-7,10,14,19,23H,2,4-5,8-9,11-12H2,(H,20,22). The number of piperidine rings is 1. The number of aliphatic hydroxyl groups is 1. The number of carbonyl (C=O) groups excluding carboxylic acids is 1. The van der Waals surface area contributed by atoms with Gasteiger partial charge in [-0.3, -0.25) is 0 Å². The van der Waals surface area contributed by atoms with Crippen molar-refractivity contribution in [3.63, 3.8) is 0 Å². The molecule has 2 heterocycles.